The maximum atomic E-state index is 13.8. The summed E-state index contributed by atoms with van der Waals surface area (Å²) in [6.07, 6.45) is -0.361. The number of aliphatic hydroxyl groups is 1. The monoisotopic (exact) mass is 528 g/mol. The van der Waals surface area contributed by atoms with Gasteiger partial charge >= 0.3 is 0 Å². The van der Waals surface area contributed by atoms with Crippen LogP contribution in [0.25, 0.3) is 10.4 Å². The summed E-state index contributed by atoms with van der Waals surface area (Å²) in [7, 11) is 0. The zero-order valence-corrected chi connectivity index (χ0v) is 23.8. The Morgan fingerprint density at radius 2 is 1.86 bits per heavy atom. The van der Waals surface area contributed by atoms with Crippen LogP contribution in [0.2, 0.25) is 0 Å². The van der Waals surface area contributed by atoms with Gasteiger partial charge in [-0.1, -0.05) is 52.0 Å². The van der Waals surface area contributed by atoms with Crippen molar-refractivity contribution in [2.24, 2.45) is 5.41 Å². The van der Waals surface area contributed by atoms with Gasteiger partial charge in [0, 0.05) is 32.0 Å². The number of β-amino-alcohol motifs (C(OH)–C–C–N with tert-alkyl or cyclic N) is 1. The van der Waals surface area contributed by atoms with E-state index in [1.165, 1.54) is 4.90 Å². The predicted molar refractivity (Wildman–Crippen MR) is 146 cm³/mol. The molecule has 1 saturated heterocycles. The van der Waals surface area contributed by atoms with E-state index in [9.17, 15) is 19.5 Å². The van der Waals surface area contributed by atoms with E-state index in [1.807, 2.05) is 71.3 Å². The van der Waals surface area contributed by atoms with Gasteiger partial charge in [-0.3, -0.25) is 14.4 Å². The molecule has 2 N–H and O–H groups in total. The second-order valence-electron chi connectivity index (χ2n) is 11.1. The number of amides is 3. The number of thiazole rings is 1. The van der Waals surface area contributed by atoms with Crippen LogP contribution in [-0.2, 0) is 20.9 Å². The minimum absolute atomic E-state index is 0.0681. The number of rotatable bonds is 8. The van der Waals surface area contributed by atoms with E-state index in [-0.39, 0.29) is 43.1 Å². The summed E-state index contributed by atoms with van der Waals surface area (Å²) in [5.41, 5.74) is 4.33. The molecule has 1 fully saturated rings. The number of aliphatic hydroxyl groups excluding tert-OH is 1. The molecule has 9 heteroatoms. The average molecular weight is 529 g/mol. The van der Waals surface area contributed by atoms with Crippen molar-refractivity contribution in [3.63, 3.8) is 0 Å². The molecule has 1 aliphatic rings. The highest BCUT2D eigenvalue weighted by Crippen LogP contribution is 2.29. The zero-order valence-electron chi connectivity index (χ0n) is 22.9. The third-order valence-corrected chi connectivity index (χ3v) is 7.79. The molecule has 0 bridgehead atoms. The lowest BCUT2D eigenvalue weighted by molar-refractivity contribution is -0.148. The van der Waals surface area contributed by atoms with Crippen molar-refractivity contribution in [2.75, 3.05) is 6.54 Å². The second-order valence-corrected chi connectivity index (χ2v) is 12.0. The Balaban J connectivity index is 1.82. The van der Waals surface area contributed by atoms with Gasteiger partial charge in [0.2, 0.25) is 17.7 Å². The lowest BCUT2D eigenvalue weighted by Gasteiger charge is -2.37. The maximum absolute atomic E-state index is 13.8. The molecule has 3 amide bonds. The first-order valence-corrected chi connectivity index (χ1v) is 13.8. The van der Waals surface area contributed by atoms with Crippen LogP contribution in [0.5, 0.6) is 0 Å². The normalized spacial score (nSPS) is 18.7. The minimum atomic E-state index is -0.796. The summed E-state index contributed by atoms with van der Waals surface area (Å²) >= 11 is 1.60. The Labute approximate surface area is 224 Å². The number of likely N-dealkylation sites (tertiary alicyclic amines) is 1. The predicted octanol–water partition coefficient (Wildman–Crippen LogP) is 3.76. The summed E-state index contributed by atoms with van der Waals surface area (Å²) in [5, 5.41) is 13.3. The van der Waals surface area contributed by atoms with Crippen molar-refractivity contribution < 1.29 is 19.5 Å². The van der Waals surface area contributed by atoms with Gasteiger partial charge in [0.05, 0.1) is 22.2 Å². The zero-order chi connectivity index (χ0) is 27.5. The topological polar surface area (TPSA) is 103 Å². The summed E-state index contributed by atoms with van der Waals surface area (Å²) in [5.74, 6) is -0.759. The van der Waals surface area contributed by atoms with E-state index in [4.69, 9.17) is 0 Å². The van der Waals surface area contributed by atoms with Gasteiger partial charge in [-0.2, -0.15) is 0 Å². The van der Waals surface area contributed by atoms with Crippen molar-refractivity contribution in [3.05, 3.63) is 41.0 Å². The first kappa shape index (κ1) is 28.8. The molecule has 0 radical (unpaired) electrons. The fourth-order valence-corrected chi connectivity index (χ4v) is 5.42. The van der Waals surface area contributed by atoms with Crippen LogP contribution in [0, 0.1) is 12.3 Å². The number of nitrogens with zero attached hydrogens (tertiary/aromatic N) is 3. The number of hydrogen-bond acceptors (Lipinski definition) is 6. The van der Waals surface area contributed by atoms with Gasteiger partial charge in [-0.25, -0.2) is 4.98 Å². The van der Waals surface area contributed by atoms with E-state index in [2.05, 4.69) is 10.3 Å². The average Bonchev–Trinajstić information content (AvgIpc) is 3.44. The number of aromatic nitrogens is 1. The molecule has 2 aromatic rings. The van der Waals surface area contributed by atoms with Gasteiger partial charge in [0.25, 0.3) is 0 Å². The Morgan fingerprint density at radius 1 is 1.22 bits per heavy atom. The van der Waals surface area contributed by atoms with Gasteiger partial charge in [0.1, 0.15) is 12.1 Å². The lowest BCUT2D eigenvalue weighted by atomic mass is 9.85. The van der Waals surface area contributed by atoms with Gasteiger partial charge in [-0.05, 0) is 37.3 Å². The third kappa shape index (κ3) is 6.76. The first-order chi connectivity index (χ1) is 17.3. The Bertz CT molecular complexity index is 1110. The van der Waals surface area contributed by atoms with Crippen LogP contribution in [0.1, 0.15) is 65.6 Å². The molecule has 0 aliphatic carbocycles. The number of hydrogen-bond donors (Lipinski definition) is 2. The molecule has 202 valence electrons. The number of carbonyl (C=O) groups excluding carboxylic acids is 3. The van der Waals surface area contributed by atoms with E-state index in [0.717, 1.165) is 21.7 Å². The number of benzene rings is 1. The third-order valence-electron chi connectivity index (χ3n) is 6.81. The fourth-order valence-electron chi connectivity index (χ4n) is 4.61. The second kappa shape index (κ2) is 11.7. The van der Waals surface area contributed by atoms with Crippen molar-refractivity contribution in [1.82, 2.24) is 20.1 Å². The van der Waals surface area contributed by atoms with Gasteiger partial charge < -0.3 is 20.2 Å². The van der Waals surface area contributed by atoms with Crippen LogP contribution in [0.15, 0.2) is 29.8 Å². The SMILES string of the molecule is CCC(=O)N[C@H](C(=O)N1C[C@H](O)C[C@H]1C(=O)N(Cc1ccc(-c2scnc2C)cc1)C(C)C)C(C)(C)C. The van der Waals surface area contributed by atoms with Crippen LogP contribution >= 0.6 is 11.3 Å². The lowest BCUT2D eigenvalue weighted by Crippen LogP contribution is -2.58. The standard InChI is InChI=1S/C28H40N4O4S/c1-8-23(34)30-25(28(5,6)7)27(36)32-15-21(33)13-22(32)26(35)31(17(2)3)14-19-9-11-20(12-10-19)24-18(4)29-16-37-24/h9-12,16-17,21-22,25,33H,8,13-15H2,1-7H3,(H,30,34)/t21-,22+,25-/m1/s1. The van der Waals surface area contributed by atoms with Crippen LogP contribution < -0.4 is 5.32 Å². The summed E-state index contributed by atoms with van der Waals surface area (Å²) in [6, 6.07) is 6.42. The highest BCUT2D eigenvalue weighted by molar-refractivity contribution is 7.13. The molecular weight excluding hydrogens is 488 g/mol. The highest BCUT2D eigenvalue weighted by Gasteiger charge is 2.45. The highest BCUT2D eigenvalue weighted by atomic mass is 32.1. The van der Waals surface area contributed by atoms with Crippen molar-refractivity contribution in [3.8, 4) is 10.4 Å². The molecule has 8 nitrogen and oxygen atoms in total. The molecule has 3 atom stereocenters. The maximum Gasteiger partial charge on any atom is 0.246 e. The Morgan fingerprint density at radius 3 is 2.38 bits per heavy atom. The smallest absolute Gasteiger partial charge is 0.246 e. The van der Waals surface area contributed by atoms with E-state index in [0.29, 0.717) is 6.54 Å². The molecule has 0 saturated carbocycles. The minimum Gasteiger partial charge on any atom is -0.391 e. The molecule has 1 aromatic heterocycles. The van der Waals surface area contributed by atoms with Crippen molar-refractivity contribution >= 4 is 29.1 Å². The van der Waals surface area contributed by atoms with Crippen LogP contribution in [-0.4, -0.2) is 68.4 Å². The molecule has 0 spiro atoms. The number of aryl methyl sites for hydroxylation is 1. The van der Waals surface area contributed by atoms with Crippen molar-refractivity contribution in [1.29, 1.82) is 0 Å². The van der Waals surface area contributed by atoms with Crippen molar-refractivity contribution in [2.45, 2.75) is 92.1 Å². The van der Waals surface area contributed by atoms with Gasteiger partial charge in [-0.15, -0.1) is 11.3 Å². The molecule has 1 aromatic carbocycles. The molecule has 37 heavy (non-hydrogen) atoms. The first-order valence-electron chi connectivity index (χ1n) is 12.9. The molecule has 2 heterocycles. The Kier molecular flexibility index (Phi) is 9.13. The summed E-state index contributed by atoms with van der Waals surface area (Å²) in [4.78, 5) is 48.3. The van der Waals surface area contributed by atoms with Crippen LogP contribution in [0.3, 0.4) is 0 Å². The molecule has 3 rings (SSSR count). The van der Waals surface area contributed by atoms with Gasteiger partial charge in [0.15, 0.2) is 0 Å². The van der Waals surface area contributed by atoms with E-state index in [1.54, 1.807) is 23.2 Å². The van der Waals surface area contributed by atoms with E-state index >= 15 is 0 Å². The number of carbonyl (C=O) groups is 3. The van der Waals surface area contributed by atoms with Crippen LogP contribution in [0.4, 0.5) is 0 Å². The Hall–Kier alpha value is -2.78. The largest absolute Gasteiger partial charge is 0.391 e. The molecular formula is C28H40N4O4S. The molecule has 1 aliphatic heterocycles. The summed E-state index contributed by atoms with van der Waals surface area (Å²) < 4.78 is 0. The summed E-state index contributed by atoms with van der Waals surface area (Å²) in [6.45, 7) is 13.7. The fraction of sp³-hybridized carbons (Fsp3) is 0.571. The quantitative estimate of drug-likeness (QED) is 0.543. The number of nitrogens with one attached hydrogen (secondary N) is 1. The van der Waals surface area contributed by atoms with E-state index < -0.39 is 23.6 Å². The molecule has 0 unspecified atom stereocenters.